The predicted molar refractivity (Wildman–Crippen MR) is 83.2 cm³/mol. The van der Waals surface area contributed by atoms with Gasteiger partial charge in [0.2, 0.25) is 0 Å². The van der Waals surface area contributed by atoms with Crippen LogP contribution in [0.1, 0.15) is 28.7 Å². The van der Waals surface area contributed by atoms with Gasteiger partial charge in [0.15, 0.2) is 0 Å². The van der Waals surface area contributed by atoms with Crippen molar-refractivity contribution in [1.82, 2.24) is 15.5 Å². The zero-order valence-corrected chi connectivity index (χ0v) is 13.7. The van der Waals surface area contributed by atoms with E-state index in [-0.39, 0.29) is 30.0 Å². The summed E-state index contributed by atoms with van der Waals surface area (Å²) in [4.78, 5) is 12.0. The molecule has 0 aliphatic rings. The molecule has 0 radical (unpaired) electrons. The van der Waals surface area contributed by atoms with Crippen LogP contribution in [0.25, 0.3) is 0 Å². The Balaban J connectivity index is 1.94. The Bertz CT molecular complexity index is 716. The van der Waals surface area contributed by atoms with Crippen LogP contribution in [0.2, 0.25) is 0 Å². The van der Waals surface area contributed by atoms with E-state index in [1.165, 1.54) is 25.3 Å². The number of ether oxygens (including phenoxy) is 2. The van der Waals surface area contributed by atoms with Crippen LogP contribution >= 0.6 is 0 Å². The molecule has 0 bridgehead atoms. The van der Waals surface area contributed by atoms with Crippen molar-refractivity contribution in [3.63, 3.8) is 0 Å². The number of nitrogens with zero attached hydrogens (tertiary/aromatic N) is 1. The highest BCUT2D eigenvalue weighted by Gasteiger charge is 2.30. The van der Waals surface area contributed by atoms with Crippen molar-refractivity contribution in [3.05, 3.63) is 47.3 Å². The van der Waals surface area contributed by atoms with Gasteiger partial charge in [-0.1, -0.05) is 6.07 Å². The first-order valence-electron chi connectivity index (χ1n) is 7.43. The molecule has 1 heterocycles. The minimum Gasteiger partial charge on any atom is -0.487 e. The van der Waals surface area contributed by atoms with Crippen LogP contribution in [-0.2, 0) is 17.5 Å². The molecule has 2 N–H and O–H groups in total. The third-order valence-corrected chi connectivity index (χ3v) is 3.21. The maximum Gasteiger partial charge on any atom is 0.416 e. The van der Waals surface area contributed by atoms with Gasteiger partial charge in [-0.3, -0.25) is 9.89 Å². The van der Waals surface area contributed by atoms with Gasteiger partial charge in [-0.15, -0.1) is 0 Å². The number of rotatable bonds is 7. The molecule has 0 saturated heterocycles. The second-order valence-corrected chi connectivity index (χ2v) is 5.42. The summed E-state index contributed by atoms with van der Waals surface area (Å²) in [6.07, 6.45) is -4.43. The summed E-state index contributed by atoms with van der Waals surface area (Å²) in [6.45, 7) is 2.10. The van der Waals surface area contributed by atoms with Crippen molar-refractivity contribution >= 4 is 5.91 Å². The number of alkyl halides is 3. The van der Waals surface area contributed by atoms with Crippen LogP contribution in [0.15, 0.2) is 30.3 Å². The summed E-state index contributed by atoms with van der Waals surface area (Å²) in [7, 11) is 1.53. The molecular weight excluding hydrogens is 339 g/mol. The van der Waals surface area contributed by atoms with E-state index in [0.29, 0.717) is 12.3 Å². The van der Waals surface area contributed by atoms with Gasteiger partial charge in [0.25, 0.3) is 5.91 Å². The normalized spacial score (nSPS) is 12.7. The van der Waals surface area contributed by atoms with E-state index in [1.807, 2.05) is 0 Å². The van der Waals surface area contributed by atoms with Gasteiger partial charge in [-0.25, -0.2) is 0 Å². The standard InChI is InChI=1S/C16H18F3N3O3/c1-10(8-24-2)20-15(23)14-7-12(21-22-14)9-25-13-5-3-4-11(6-13)16(17,18)19/h3-7,10H,8-9H2,1-2H3,(H,20,23)(H,21,22)/t10-/m1/s1. The summed E-state index contributed by atoms with van der Waals surface area (Å²) in [5.74, 6) is -0.310. The highest BCUT2D eigenvalue weighted by atomic mass is 19.4. The number of aromatic nitrogens is 2. The fraction of sp³-hybridized carbons (Fsp3) is 0.375. The number of methoxy groups -OCH3 is 1. The van der Waals surface area contributed by atoms with Crippen LogP contribution in [0.3, 0.4) is 0 Å². The van der Waals surface area contributed by atoms with E-state index >= 15 is 0 Å². The second-order valence-electron chi connectivity index (χ2n) is 5.42. The monoisotopic (exact) mass is 357 g/mol. The van der Waals surface area contributed by atoms with E-state index in [9.17, 15) is 18.0 Å². The topological polar surface area (TPSA) is 76.2 Å². The van der Waals surface area contributed by atoms with Crippen LogP contribution in [-0.4, -0.2) is 35.9 Å². The molecule has 6 nitrogen and oxygen atoms in total. The number of amides is 1. The third-order valence-electron chi connectivity index (χ3n) is 3.21. The first-order chi connectivity index (χ1) is 11.8. The zero-order valence-electron chi connectivity index (χ0n) is 13.7. The molecule has 0 fully saturated rings. The van der Waals surface area contributed by atoms with Crippen molar-refractivity contribution in [1.29, 1.82) is 0 Å². The summed E-state index contributed by atoms with van der Waals surface area (Å²) in [5, 5.41) is 9.17. The average Bonchev–Trinajstić information content (AvgIpc) is 3.02. The van der Waals surface area contributed by atoms with Crippen molar-refractivity contribution in [2.24, 2.45) is 0 Å². The molecule has 2 aromatic rings. The van der Waals surface area contributed by atoms with Gasteiger partial charge in [-0.05, 0) is 31.2 Å². The van der Waals surface area contributed by atoms with Crippen molar-refractivity contribution in [2.75, 3.05) is 13.7 Å². The van der Waals surface area contributed by atoms with Gasteiger partial charge in [-0.2, -0.15) is 18.3 Å². The molecule has 0 spiro atoms. The number of H-pyrrole nitrogens is 1. The molecule has 9 heteroatoms. The lowest BCUT2D eigenvalue weighted by molar-refractivity contribution is -0.137. The highest BCUT2D eigenvalue weighted by molar-refractivity contribution is 5.92. The lowest BCUT2D eigenvalue weighted by Gasteiger charge is -2.11. The number of aromatic amines is 1. The molecule has 0 saturated carbocycles. The number of carbonyl (C=O) groups excluding carboxylic acids is 1. The quantitative estimate of drug-likeness (QED) is 0.799. The first kappa shape index (κ1) is 18.8. The summed E-state index contributed by atoms with van der Waals surface area (Å²) in [6, 6.07) is 5.86. The van der Waals surface area contributed by atoms with E-state index in [1.54, 1.807) is 6.92 Å². The lowest BCUT2D eigenvalue weighted by atomic mass is 10.2. The minimum absolute atomic E-state index is 0.0464. The molecule has 1 aromatic heterocycles. The maximum atomic E-state index is 12.7. The number of halogens is 3. The number of carbonyl (C=O) groups is 1. The van der Waals surface area contributed by atoms with Crippen molar-refractivity contribution in [2.45, 2.75) is 25.7 Å². The van der Waals surface area contributed by atoms with Crippen LogP contribution in [0.4, 0.5) is 13.2 Å². The summed E-state index contributed by atoms with van der Waals surface area (Å²) < 4.78 is 48.2. The predicted octanol–water partition coefficient (Wildman–Crippen LogP) is 2.77. The van der Waals surface area contributed by atoms with Gasteiger partial charge < -0.3 is 14.8 Å². The van der Waals surface area contributed by atoms with E-state index < -0.39 is 11.7 Å². The number of benzene rings is 1. The van der Waals surface area contributed by atoms with Crippen molar-refractivity contribution in [3.8, 4) is 5.75 Å². The molecule has 1 amide bonds. The highest BCUT2D eigenvalue weighted by Crippen LogP contribution is 2.31. The lowest BCUT2D eigenvalue weighted by Crippen LogP contribution is -2.35. The molecule has 2 rings (SSSR count). The largest absolute Gasteiger partial charge is 0.487 e. The minimum atomic E-state index is -4.43. The molecule has 0 aliphatic carbocycles. The van der Waals surface area contributed by atoms with E-state index in [2.05, 4.69) is 15.5 Å². The first-order valence-corrected chi connectivity index (χ1v) is 7.43. The van der Waals surface area contributed by atoms with E-state index in [0.717, 1.165) is 12.1 Å². The number of hydrogen-bond donors (Lipinski definition) is 2. The van der Waals surface area contributed by atoms with Gasteiger partial charge in [0.1, 0.15) is 18.1 Å². The second kappa shape index (κ2) is 8.02. The van der Waals surface area contributed by atoms with Crippen LogP contribution in [0, 0.1) is 0 Å². The fourth-order valence-corrected chi connectivity index (χ4v) is 2.06. The average molecular weight is 357 g/mol. The van der Waals surface area contributed by atoms with Crippen molar-refractivity contribution < 1.29 is 27.4 Å². The van der Waals surface area contributed by atoms with Crippen LogP contribution < -0.4 is 10.1 Å². The van der Waals surface area contributed by atoms with E-state index in [4.69, 9.17) is 9.47 Å². The number of nitrogens with one attached hydrogen (secondary N) is 2. The molecule has 1 atom stereocenters. The molecule has 1 aromatic carbocycles. The molecular formula is C16H18F3N3O3. The Morgan fingerprint density at radius 2 is 2.12 bits per heavy atom. The Labute approximate surface area is 142 Å². The molecule has 136 valence electrons. The SMILES string of the molecule is COC[C@@H](C)NC(=O)c1cc(COc2cccc(C(F)(F)F)c2)[nH]n1. The molecule has 25 heavy (non-hydrogen) atoms. The molecule has 0 unspecified atom stereocenters. The molecule has 0 aliphatic heterocycles. The summed E-state index contributed by atoms with van der Waals surface area (Å²) >= 11 is 0. The van der Waals surface area contributed by atoms with Crippen LogP contribution in [0.5, 0.6) is 5.75 Å². The summed E-state index contributed by atoms with van der Waals surface area (Å²) in [5.41, 5.74) is -0.172. The fourth-order valence-electron chi connectivity index (χ4n) is 2.06. The maximum absolute atomic E-state index is 12.7. The van der Waals surface area contributed by atoms with Gasteiger partial charge >= 0.3 is 6.18 Å². The zero-order chi connectivity index (χ0) is 18.4. The van der Waals surface area contributed by atoms with Gasteiger partial charge in [0, 0.05) is 13.2 Å². The Morgan fingerprint density at radius 1 is 1.36 bits per heavy atom. The Kier molecular flexibility index (Phi) is 6.02. The Morgan fingerprint density at radius 3 is 2.80 bits per heavy atom. The smallest absolute Gasteiger partial charge is 0.416 e. The number of hydrogen-bond acceptors (Lipinski definition) is 4. The Hall–Kier alpha value is -2.55. The third kappa shape index (κ3) is 5.49. The van der Waals surface area contributed by atoms with Gasteiger partial charge in [0.05, 0.1) is 17.9 Å².